The second-order valence-electron chi connectivity index (χ2n) is 9.60. The first kappa shape index (κ1) is 23.9. The number of carbonyl (C=O) groups is 4. The lowest BCUT2D eigenvalue weighted by Crippen LogP contribution is -2.52. The topological polar surface area (TPSA) is 132 Å². The number of aliphatic hydroxyl groups excluding tert-OH is 1. The average molecular weight is 492 g/mol. The van der Waals surface area contributed by atoms with Gasteiger partial charge in [0.2, 0.25) is 17.7 Å². The molecule has 36 heavy (non-hydrogen) atoms. The van der Waals surface area contributed by atoms with Gasteiger partial charge in [-0.25, -0.2) is 4.98 Å². The fraction of sp³-hybridized carbons (Fsp3) is 0.423. The van der Waals surface area contributed by atoms with Crippen LogP contribution in [0.15, 0.2) is 36.5 Å². The number of piperidine rings is 2. The van der Waals surface area contributed by atoms with Gasteiger partial charge in [0, 0.05) is 55.5 Å². The maximum absolute atomic E-state index is 12.8. The minimum absolute atomic E-state index is 0.0524. The molecule has 3 aliphatic heterocycles. The lowest BCUT2D eigenvalue weighted by molar-refractivity contribution is -0.137. The molecule has 0 bridgehead atoms. The number of imide groups is 1. The minimum Gasteiger partial charge on any atom is -0.392 e. The van der Waals surface area contributed by atoms with Crippen LogP contribution in [0.4, 0.5) is 11.5 Å². The van der Waals surface area contributed by atoms with E-state index in [2.05, 4.69) is 20.5 Å². The molecule has 4 heterocycles. The maximum Gasteiger partial charge on any atom is 0.255 e. The molecule has 5 rings (SSSR count). The molecule has 188 valence electrons. The number of hydrogen-bond acceptors (Lipinski definition) is 7. The summed E-state index contributed by atoms with van der Waals surface area (Å²) >= 11 is 0. The maximum atomic E-state index is 12.8. The fourth-order valence-corrected chi connectivity index (χ4v) is 5.31. The zero-order valence-corrected chi connectivity index (χ0v) is 19.9. The highest BCUT2D eigenvalue weighted by atomic mass is 16.3. The number of benzene rings is 1. The molecule has 0 aliphatic carbocycles. The number of nitrogens with one attached hydrogen (secondary N) is 2. The Balaban J connectivity index is 1.15. The SMILES string of the molecule is O=C1CCC(N2Cc3cc(NC(=O)CC4CCN(c5ncccc5CO)CC4)ccc3C2=O)C(=O)N1. The van der Waals surface area contributed by atoms with Crippen LogP contribution in [0.3, 0.4) is 0 Å². The van der Waals surface area contributed by atoms with Gasteiger partial charge >= 0.3 is 0 Å². The van der Waals surface area contributed by atoms with Gasteiger partial charge in [-0.2, -0.15) is 0 Å². The highest BCUT2D eigenvalue weighted by Gasteiger charge is 2.39. The van der Waals surface area contributed by atoms with E-state index in [-0.39, 0.29) is 43.2 Å². The van der Waals surface area contributed by atoms with Crippen molar-refractivity contribution >= 4 is 35.1 Å². The van der Waals surface area contributed by atoms with Gasteiger partial charge in [0.05, 0.1) is 6.61 Å². The summed E-state index contributed by atoms with van der Waals surface area (Å²) < 4.78 is 0. The number of pyridine rings is 1. The molecular formula is C26H29N5O5. The summed E-state index contributed by atoms with van der Waals surface area (Å²) in [5.74, 6) is -0.0103. The molecule has 0 saturated carbocycles. The van der Waals surface area contributed by atoms with Crippen molar-refractivity contribution in [1.29, 1.82) is 0 Å². The summed E-state index contributed by atoms with van der Waals surface area (Å²) in [4.78, 5) is 57.3. The molecule has 1 aromatic carbocycles. The number of aromatic nitrogens is 1. The van der Waals surface area contributed by atoms with Crippen LogP contribution in [0.25, 0.3) is 0 Å². The van der Waals surface area contributed by atoms with Crippen LogP contribution in [0.2, 0.25) is 0 Å². The third kappa shape index (κ3) is 4.81. The van der Waals surface area contributed by atoms with Crippen molar-refractivity contribution in [1.82, 2.24) is 15.2 Å². The van der Waals surface area contributed by atoms with Crippen LogP contribution in [0.5, 0.6) is 0 Å². The number of rotatable bonds is 6. The van der Waals surface area contributed by atoms with E-state index in [0.29, 0.717) is 24.1 Å². The van der Waals surface area contributed by atoms with Crippen molar-refractivity contribution in [3.8, 4) is 0 Å². The molecule has 2 fully saturated rings. The zero-order valence-electron chi connectivity index (χ0n) is 19.9. The smallest absolute Gasteiger partial charge is 0.255 e. The van der Waals surface area contributed by atoms with Crippen molar-refractivity contribution in [2.75, 3.05) is 23.3 Å². The Morgan fingerprint density at radius 1 is 1.14 bits per heavy atom. The molecule has 0 radical (unpaired) electrons. The van der Waals surface area contributed by atoms with E-state index in [0.717, 1.165) is 42.9 Å². The minimum atomic E-state index is -0.661. The van der Waals surface area contributed by atoms with E-state index >= 15 is 0 Å². The number of carbonyl (C=O) groups excluding carboxylic acids is 4. The summed E-state index contributed by atoms with van der Waals surface area (Å²) in [7, 11) is 0. The van der Waals surface area contributed by atoms with Crippen LogP contribution >= 0.6 is 0 Å². The number of fused-ring (bicyclic) bond motifs is 1. The first-order chi connectivity index (χ1) is 17.4. The Labute approximate surface area is 208 Å². The summed E-state index contributed by atoms with van der Waals surface area (Å²) in [6.07, 6.45) is 4.36. The fourth-order valence-electron chi connectivity index (χ4n) is 5.31. The molecular weight excluding hydrogens is 462 g/mol. The summed E-state index contributed by atoms with van der Waals surface area (Å²) in [5.41, 5.74) is 2.70. The molecule has 2 aromatic rings. The first-order valence-electron chi connectivity index (χ1n) is 12.3. The Bertz CT molecular complexity index is 1210. The Morgan fingerprint density at radius 3 is 2.69 bits per heavy atom. The van der Waals surface area contributed by atoms with Gasteiger partial charge < -0.3 is 20.2 Å². The zero-order chi connectivity index (χ0) is 25.2. The lowest BCUT2D eigenvalue weighted by Gasteiger charge is -2.33. The number of aliphatic hydroxyl groups is 1. The van der Waals surface area contributed by atoms with Crippen LogP contribution in [0, 0.1) is 5.92 Å². The van der Waals surface area contributed by atoms with E-state index in [9.17, 15) is 24.3 Å². The Kier molecular flexibility index (Phi) is 6.69. The van der Waals surface area contributed by atoms with Crippen molar-refractivity contribution in [3.63, 3.8) is 0 Å². The van der Waals surface area contributed by atoms with E-state index in [1.807, 2.05) is 12.1 Å². The highest BCUT2D eigenvalue weighted by Crippen LogP contribution is 2.30. The molecule has 10 nitrogen and oxygen atoms in total. The van der Waals surface area contributed by atoms with Gasteiger partial charge in [0.25, 0.3) is 5.91 Å². The summed E-state index contributed by atoms with van der Waals surface area (Å²) in [6.45, 7) is 1.77. The van der Waals surface area contributed by atoms with Crippen LogP contribution in [0.1, 0.15) is 53.6 Å². The molecule has 0 spiro atoms. The highest BCUT2D eigenvalue weighted by molar-refractivity contribution is 6.05. The van der Waals surface area contributed by atoms with E-state index < -0.39 is 11.9 Å². The number of anilines is 2. The normalized spacial score (nSPS) is 20.4. The van der Waals surface area contributed by atoms with E-state index in [1.165, 1.54) is 4.90 Å². The van der Waals surface area contributed by atoms with E-state index in [4.69, 9.17) is 0 Å². The lowest BCUT2D eigenvalue weighted by atomic mass is 9.93. The molecule has 3 N–H and O–H groups in total. The molecule has 4 amide bonds. The average Bonchev–Trinajstić information content (AvgIpc) is 3.19. The monoisotopic (exact) mass is 491 g/mol. The Hall–Kier alpha value is -3.79. The van der Waals surface area contributed by atoms with Gasteiger partial charge in [-0.3, -0.25) is 24.5 Å². The first-order valence-corrected chi connectivity index (χ1v) is 12.3. The van der Waals surface area contributed by atoms with Gasteiger partial charge in [0.15, 0.2) is 0 Å². The van der Waals surface area contributed by atoms with E-state index in [1.54, 1.807) is 24.4 Å². The summed E-state index contributed by atoms with van der Waals surface area (Å²) in [5, 5.41) is 14.8. The molecule has 10 heteroatoms. The Morgan fingerprint density at radius 2 is 1.94 bits per heavy atom. The number of hydrogen-bond donors (Lipinski definition) is 3. The van der Waals surface area contributed by atoms with Gasteiger partial charge in [-0.05, 0) is 55.0 Å². The predicted molar refractivity (Wildman–Crippen MR) is 131 cm³/mol. The van der Waals surface area contributed by atoms with Crippen LogP contribution in [-0.2, 0) is 27.5 Å². The van der Waals surface area contributed by atoms with Gasteiger partial charge in [-0.1, -0.05) is 6.07 Å². The largest absolute Gasteiger partial charge is 0.392 e. The van der Waals surface area contributed by atoms with Gasteiger partial charge in [-0.15, -0.1) is 0 Å². The third-order valence-electron chi connectivity index (χ3n) is 7.23. The van der Waals surface area contributed by atoms with Gasteiger partial charge in [0.1, 0.15) is 11.9 Å². The van der Waals surface area contributed by atoms with Crippen LogP contribution < -0.4 is 15.5 Å². The molecule has 1 unspecified atom stereocenters. The van der Waals surface area contributed by atoms with Crippen molar-refractivity contribution in [2.24, 2.45) is 5.92 Å². The van der Waals surface area contributed by atoms with Crippen LogP contribution in [-0.4, -0.2) is 57.8 Å². The van der Waals surface area contributed by atoms with Crippen molar-refractivity contribution in [2.45, 2.75) is 51.3 Å². The predicted octanol–water partition coefficient (Wildman–Crippen LogP) is 1.58. The molecule has 1 aromatic heterocycles. The standard InChI is InChI=1S/C26H29N5O5/c32-15-17-2-1-9-27-24(17)30-10-7-16(8-11-30)12-23(34)28-19-3-4-20-18(13-19)14-31(26(20)36)21-5-6-22(33)29-25(21)35/h1-4,9,13,16,21,32H,5-8,10-12,14-15H2,(H,28,34)(H,29,33,35). The molecule has 1 atom stereocenters. The van der Waals surface area contributed by atoms with Crippen molar-refractivity contribution in [3.05, 3.63) is 53.2 Å². The third-order valence-corrected chi connectivity index (χ3v) is 7.23. The number of amides is 4. The van der Waals surface area contributed by atoms with Crippen molar-refractivity contribution < 1.29 is 24.3 Å². The second kappa shape index (κ2) is 10.1. The molecule has 3 aliphatic rings. The summed E-state index contributed by atoms with van der Waals surface area (Å²) in [6, 6.07) is 8.21. The second-order valence-corrected chi connectivity index (χ2v) is 9.60. The number of nitrogens with zero attached hydrogens (tertiary/aromatic N) is 3. The quantitative estimate of drug-likeness (QED) is 0.523. The molecule has 2 saturated heterocycles.